The Kier molecular flexibility index (Phi) is 4.61. The molecule has 2 aromatic carbocycles. The van der Waals surface area contributed by atoms with Gasteiger partial charge in [-0.15, -0.1) is 4.91 Å². The largest absolute Gasteiger partial charge is 0.506 e. The van der Waals surface area contributed by atoms with E-state index in [1.807, 2.05) is 0 Å². The number of nitrogens with zero attached hydrogens (tertiary/aromatic N) is 3. The summed E-state index contributed by atoms with van der Waals surface area (Å²) in [4.78, 5) is 19.1. The number of phenols is 1. The fourth-order valence-electron chi connectivity index (χ4n) is 2.19. The molecule has 0 saturated heterocycles. The van der Waals surface area contributed by atoms with E-state index in [0.717, 1.165) is 0 Å². The van der Waals surface area contributed by atoms with Crippen molar-refractivity contribution in [3.8, 4) is 17.0 Å². The van der Waals surface area contributed by atoms with Gasteiger partial charge < -0.3 is 10.4 Å². The van der Waals surface area contributed by atoms with Gasteiger partial charge in [-0.3, -0.25) is 0 Å². The minimum atomic E-state index is -3.76. The summed E-state index contributed by atoms with van der Waals surface area (Å²) in [6.45, 7) is 0. The normalized spacial score (nSPS) is 11.1. The lowest BCUT2D eigenvalue weighted by Crippen LogP contribution is -2.11. The van der Waals surface area contributed by atoms with Crippen LogP contribution in [0, 0.1) is 4.91 Å². The van der Waals surface area contributed by atoms with Crippen LogP contribution >= 0.6 is 0 Å². The molecule has 3 aromatic rings. The molecule has 0 bridgehead atoms. The van der Waals surface area contributed by atoms with Crippen LogP contribution in [-0.4, -0.2) is 23.5 Å². The average molecular weight is 371 g/mol. The Morgan fingerprint density at radius 3 is 2.46 bits per heavy atom. The third-order valence-electron chi connectivity index (χ3n) is 3.46. The topological polar surface area (TPSA) is 148 Å². The van der Waals surface area contributed by atoms with E-state index in [0.29, 0.717) is 16.9 Å². The number of anilines is 2. The van der Waals surface area contributed by atoms with Gasteiger partial charge in [0.05, 0.1) is 10.6 Å². The van der Waals surface area contributed by atoms with Gasteiger partial charge in [-0.05, 0) is 53.7 Å². The Morgan fingerprint density at radius 1 is 1.08 bits per heavy atom. The van der Waals surface area contributed by atoms with E-state index in [9.17, 15) is 18.4 Å². The molecule has 4 N–H and O–H groups in total. The van der Waals surface area contributed by atoms with Crippen molar-refractivity contribution in [3.05, 3.63) is 59.6 Å². The Hall–Kier alpha value is -3.37. The second kappa shape index (κ2) is 6.86. The lowest BCUT2D eigenvalue weighted by Gasteiger charge is -2.08. The van der Waals surface area contributed by atoms with E-state index in [4.69, 9.17) is 5.14 Å². The number of hydrogen-bond donors (Lipinski definition) is 3. The van der Waals surface area contributed by atoms with Gasteiger partial charge in [0.2, 0.25) is 16.0 Å². The molecule has 1 aromatic heterocycles. The monoisotopic (exact) mass is 371 g/mol. The Labute approximate surface area is 148 Å². The third kappa shape index (κ3) is 3.82. The van der Waals surface area contributed by atoms with Gasteiger partial charge in [0, 0.05) is 17.4 Å². The lowest BCUT2D eigenvalue weighted by molar-refractivity contribution is 0.477. The van der Waals surface area contributed by atoms with Gasteiger partial charge in [-0.2, -0.15) is 0 Å². The highest BCUT2D eigenvalue weighted by Gasteiger charge is 2.09. The summed E-state index contributed by atoms with van der Waals surface area (Å²) in [5, 5.41) is 20.3. The molecular weight excluding hydrogens is 358 g/mol. The van der Waals surface area contributed by atoms with Crippen LogP contribution < -0.4 is 10.5 Å². The number of benzene rings is 2. The van der Waals surface area contributed by atoms with Crippen molar-refractivity contribution in [1.82, 2.24) is 9.97 Å². The van der Waals surface area contributed by atoms with Crippen LogP contribution in [0.3, 0.4) is 0 Å². The van der Waals surface area contributed by atoms with Crippen LogP contribution in [0.25, 0.3) is 11.3 Å². The van der Waals surface area contributed by atoms with E-state index in [1.54, 1.807) is 12.1 Å². The first-order valence-electron chi connectivity index (χ1n) is 7.26. The molecule has 0 amide bonds. The zero-order chi connectivity index (χ0) is 18.7. The summed E-state index contributed by atoms with van der Waals surface area (Å²) in [6.07, 6.45) is 1.52. The summed E-state index contributed by atoms with van der Waals surface area (Å²) in [5.41, 5.74) is 1.56. The number of nitrogens with two attached hydrogens (primary N) is 1. The fraction of sp³-hybridized carbons (Fsp3) is 0. The number of aromatic nitrogens is 2. The number of sulfonamides is 1. The van der Waals surface area contributed by atoms with Crippen LogP contribution in [-0.2, 0) is 10.0 Å². The summed E-state index contributed by atoms with van der Waals surface area (Å²) < 4.78 is 22.5. The molecular formula is C16H13N5O4S. The number of primary sulfonamides is 1. The van der Waals surface area contributed by atoms with Crippen molar-refractivity contribution >= 4 is 27.3 Å². The van der Waals surface area contributed by atoms with Gasteiger partial charge in [0.15, 0.2) is 0 Å². The molecule has 0 atom stereocenters. The van der Waals surface area contributed by atoms with Gasteiger partial charge in [0.25, 0.3) is 0 Å². The van der Waals surface area contributed by atoms with Gasteiger partial charge in [-0.25, -0.2) is 23.5 Å². The van der Waals surface area contributed by atoms with Crippen molar-refractivity contribution in [1.29, 1.82) is 0 Å². The molecule has 0 radical (unpaired) electrons. The second-order valence-electron chi connectivity index (χ2n) is 5.25. The first kappa shape index (κ1) is 17.5. The maximum absolute atomic E-state index is 11.3. The summed E-state index contributed by atoms with van der Waals surface area (Å²) in [6, 6.07) is 11.8. The van der Waals surface area contributed by atoms with Crippen LogP contribution in [0.5, 0.6) is 5.75 Å². The quantitative estimate of drug-likeness (QED) is 0.584. The average Bonchev–Trinajstić information content (AvgIpc) is 2.62. The van der Waals surface area contributed by atoms with Crippen LogP contribution in [0.1, 0.15) is 0 Å². The molecule has 1 heterocycles. The maximum Gasteiger partial charge on any atom is 0.238 e. The smallest absolute Gasteiger partial charge is 0.238 e. The predicted octanol–water partition coefficient (Wildman–Crippen LogP) is 2.64. The SMILES string of the molecule is NS(=O)(=O)c1ccc(Nc2nccc(-c3ccc(O)c(N=O)c3)n2)cc1. The summed E-state index contributed by atoms with van der Waals surface area (Å²) >= 11 is 0. The number of phenolic OH excluding ortho intramolecular Hbond substituents is 1. The zero-order valence-electron chi connectivity index (χ0n) is 13.2. The first-order chi connectivity index (χ1) is 12.4. The van der Waals surface area contributed by atoms with Crippen molar-refractivity contribution in [2.75, 3.05) is 5.32 Å². The van der Waals surface area contributed by atoms with E-state index >= 15 is 0 Å². The van der Waals surface area contributed by atoms with Crippen molar-refractivity contribution in [3.63, 3.8) is 0 Å². The number of nitroso groups, excluding NO2 is 1. The first-order valence-corrected chi connectivity index (χ1v) is 8.81. The van der Waals surface area contributed by atoms with E-state index in [1.165, 1.54) is 42.6 Å². The Bertz CT molecular complexity index is 1070. The molecule has 10 heteroatoms. The molecule has 0 aliphatic carbocycles. The van der Waals surface area contributed by atoms with Gasteiger partial charge >= 0.3 is 0 Å². The molecule has 0 unspecified atom stereocenters. The third-order valence-corrected chi connectivity index (χ3v) is 4.39. The molecule has 0 spiro atoms. The molecule has 132 valence electrons. The molecule has 26 heavy (non-hydrogen) atoms. The molecule has 3 rings (SSSR count). The molecule has 0 fully saturated rings. The van der Waals surface area contributed by atoms with E-state index < -0.39 is 10.0 Å². The van der Waals surface area contributed by atoms with Crippen LogP contribution in [0.2, 0.25) is 0 Å². The fourth-order valence-corrected chi connectivity index (χ4v) is 2.71. The highest BCUT2D eigenvalue weighted by atomic mass is 32.2. The van der Waals surface area contributed by atoms with Gasteiger partial charge in [-0.1, -0.05) is 0 Å². The summed E-state index contributed by atoms with van der Waals surface area (Å²) in [5.74, 6) is 0.0469. The molecule has 0 aliphatic heterocycles. The molecule has 0 aliphatic rings. The van der Waals surface area contributed by atoms with Crippen molar-refractivity contribution in [2.24, 2.45) is 10.3 Å². The number of nitrogens with one attached hydrogen (secondary N) is 1. The lowest BCUT2D eigenvalue weighted by atomic mass is 10.1. The van der Waals surface area contributed by atoms with Crippen LogP contribution in [0.4, 0.5) is 17.3 Å². The zero-order valence-corrected chi connectivity index (χ0v) is 14.0. The Morgan fingerprint density at radius 2 is 1.81 bits per heavy atom. The van der Waals surface area contributed by atoms with Gasteiger partial charge in [0.1, 0.15) is 11.4 Å². The molecule has 9 nitrogen and oxygen atoms in total. The standard InChI is InChI=1S/C16H13N5O4S/c17-26(24,25)12-4-2-11(3-5-12)19-16-18-8-7-13(20-16)10-1-6-15(22)14(9-10)21-23/h1-9,22H,(H2,17,24,25)(H,18,19,20). The van der Waals surface area contributed by atoms with Crippen molar-refractivity contribution < 1.29 is 13.5 Å². The predicted molar refractivity (Wildman–Crippen MR) is 95.7 cm³/mol. The summed E-state index contributed by atoms with van der Waals surface area (Å²) in [7, 11) is -3.76. The van der Waals surface area contributed by atoms with E-state index in [2.05, 4.69) is 20.5 Å². The van der Waals surface area contributed by atoms with Crippen molar-refractivity contribution in [2.45, 2.75) is 4.90 Å². The minimum Gasteiger partial charge on any atom is -0.506 e. The Balaban J connectivity index is 1.87. The van der Waals surface area contributed by atoms with E-state index in [-0.39, 0.29) is 22.3 Å². The molecule has 0 saturated carbocycles. The maximum atomic E-state index is 11.3. The number of rotatable bonds is 5. The second-order valence-corrected chi connectivity index (χ2v) is 6.82. The number of aromatic hydroxyl groups is 1. The highest BCUT2D eigenvalue weighted by molar-refractivity contribution is 7.89. The highest BCUT2D eigenvalue weighted by Crippen LogP contribution is 2.31. The minimum absolute atomic E-state index is 0.00398. The number of hydrogen-bond acceptors (Lipinski definition) is 8. The van der Waals surface area contributed by atoms with Crippen LogP contribution in [0.15, 0.2) is 64.8 Å².